The molecule has 0 saturated carbocycles. The SMILES string of the molecule is O=C(O)C(S)NCCO. The number of carbonyl (C=O) groups is 1. The molecule has 0 aromatic rings. The van der Waals surface area contributed by atoms with Crippen LogP contribution in [0.1, 0.15) is 0 Å². The maximum Gasteiger partial charge on any atom is 0.330 e. The summed E-state index contributed by atoms with van der Waals surface area (Å²) in [6.07, 6.45) is 0. The Morgan fingerprint density at radius 3 is 2.67 bits per heavy atom. The van der Waals surface area contributed by atoms with E-state index >= 15 is 0 Å². The smallest absolute Gasteiger partial charge is 0.330 e. The first-order valence-corrected chi connectivity index (χ1v) is 2.95. The van der Waals surface area contributed by atoms with Gasteiger partial charge in [0.2, 0.25) is 0 Å². The topological polar surface area (TPSA) is 69.6 Å². The average molecular weight is 151 g/mol. The molecule has 1 atom stereocenters. The molecule has 0 heterocycles. The molecule has 0 aliphatic heterocycles. The molecule has 5 heteroatoms. The Bertz CT molecular complexity index is 97.8. The summed E-state index contributed by atoms with van der Waals surface area (Å²) in [7, 11) is 0. The molecular formula is C4H9NO3S. The van der Waals surface area contributed by atoms with Crippen LogP contribution in [0.25, 0.3) is 0 Å². The van der Waals surface area contributed by atoms with Crippen LogP contribution in [0.5, 0.6) is 0 Å². The van der Waals surface area contributed by atoms with Crippen LogP contribution in [0.2, 0.25) is 0 Å². The van der Waals surface area contributed by atoms with Gasteiger partial charge in [-0.05, 0) is 0 Å². The second-order valence-corrected chi connectivity index (χ2v) is 1.93. The lowest BCUT2D eigenvalue weighted by molar-refractivity contribution is -0.136. The summed E-state index contributed by atoms with van der Waals surface area (Å²) < 4.78 is 0. The monoisotopic (exact) mass is 151 g/mol. The van der Waals surface area contributed by atoms with E-state index in [1.807, 2.05) is 0 Å². The van der Waals surface area contributed by atoms with Gasteiger partial charge in [0.1, 0.15) is 5.37 Å². The van der Waals surface area contributed by atoms with Crippen molar-refractivity contribution < 1.29 is 15.0 Å². The van der Waals surface area contributed by atoms with Crippen LogP contribution in [-0.4, -0.2) is 34.7 Å². The Kier molecular flexibility index (Phi) is 4.47. The summed E-state index contributed by atoms with van der Waals surface area (Å²) in [6.45, 7) is 0.171. The molecule has 54 valence electrons. The van der Waals surface area contributed by atoms with Crippen molar-refractivity contribution in [3.05, 3.63) is 0 Å². The molecule has 3 N–H and O–H groups in total. The van der Waals surface area contributed by atoms with Gasteiger partial charge in [-0.1, -0.05) is 0 Å². The average Bonchev–Trinajstić information content (AvgIpc) is 1.82. The van der Waals surface area contributed by atoms with Crippen molar-refractivity contribution in [1.82, 2.24) is 5.32 Å². The maximum absolute atomic E-state index is 9.98. The van der Waals surface area contributed by atoms with Crippen molar-refractivity contribution in [2.24, 2.45) is 0 Å². The fourth-order valence-corrected chi connectivity index (χ4v) is 0.418. The van der Waals surface area contributed by atoms with E-state index in [0.29, 0.717) is 0 Å². The fourth-order valence-electron chi connectivity index (χ4n) is 0.289. The molecule has 0 saturated heterocycles. The van der Waals surface area contributed by atoms with Gasteiger partial charge in [-0.3, -0.25) is 5.32 Å². The highest BCUT2D eigenvalue weighted by Crippen LogP contribution is 1.86. The van der Waals surface area contributed by atoms with Crippen molar-refractivity contribution in [3.63, 3.8) is 0 Å². The maximum atomic E-state index is 9.98. The highest BCUT2D eigenvalue weighted by Gasteiger charge is 2.08. The van der Waals surface area contributed by atoms with Crippen LogP contribution in [0.15, 0.2) is 0 Å². The van der Waals surface area contributed by atoms with E-state index in [2.05, 4.69) is 17.9 Å². The van der Waals surface area contributed by atoms with Gasteiger partial charge in [-0.25, -0.2) is 4.79 Å². The summed E-state index contributed by atoms with van der Waals surface area (Å²) in [5, 5.41) is 18.0. The predicted octanol–water partition coefficient (Wildman–Crippen LogP) is -1.09. The summed E-state index contributed by atoms with van der Waals surface area (Å²) in [5.74, 6) is -1.04. The Morgan fingerprint density at radius 2 is 2.33 bits per heavy atom. The van der Waals surface area contributed by atoms with E-state index < -0.39 is 11.3 Å². The second-order valence-electron chi connectivity index (χ2n) is 1.42. The van der Waals surface area contributed by atoms with E-state index in [0.717, 1.165) is 0 Å². The largest absolute Gasteiger partial charge is 0.479 e. The zero-order valence-electron chi connectivity index (χ0n) is 4.74. The third-order valence-corrected chi connectivity index (χ3v) is 1.09. The van der Waals surface area contributed by atoms with E-state index in [4.69, 9.17) is 10.2 Å². The zero-order valence-corrected chi connectivity index (χ0v) is 5.64. The first-order chi connectivity index (χ1) is 4.18. The minimum absolute atomic E-state index is 0.0790. The fraction of sp³-hybridized carbons (Fsp3) is 0.750. The molecule has 0 aromatic heterocycles. The van der Waals surface area contributed by atoms with E-state index in [1.165, 1.54) is 0 Å². The lowest BCUT2D eigenvalue weighted by atomic mass is 10.6. The Balaban J connectivity index is 3.27. The molecule has 0 amide bonds. The molecule has 0 aliphatic rings. The number of nitrogens with one attached hydrogen (secondary N) is 1. The lowest BCUT2D eigenvalue weighted by Crippen LogP contribution is -2.33. The predicted molar refractivity (Wildman–Crippen MR) is 35.5 cm³/mol. The molecule has 0 bridgehead atoms. The highest BCUT2D eigenvalue weighted by atomic mass is 32.1. The zero-order chi connectivity index (χ0) is 7.28. The number of aliphatic hydroxyl groups excluding tert-OH is 1. The van der Waals surface area contributed by atoms with Gasteiger partial charge >= 0.3 is 5.97 Å². The van der Waals surface area contributed by atoms with Crippen molar-refractivity contribution in [2.45, 2.75) is 5.37 Å². The quantitative estimate of drug-likeness (QED) is 0.304. The standard InChI is InChI=1S/C4H9NO3S/c6-2-1-5-3(9)4(7)8/h3,5-6,9H,1-2H2,(H,7,8). The van der Waals surface area contributed by atoms with Crippen LogP contribution in [0.3, 0.4) is 0 Å². The number of aliphatic carboxylic acids is 1. The van der Waals surface area contributed by atoms with Gasteiger partial charge in [0.15, 0.2) is 0 Å². The molecule has 0 aromatic carbocycles. The summed E-state index contributed by atoms with van der Waals surface area (Å²) >= 11 is 3.64. The number of hydrogen-bond donors (Lipinski definition) is 4. The number of carboxylic acid groups (broad SMARTS) is 1. The highest BCUT2D eigenvalue weighted by molar-refractivity contribution is 7.81. The number of rotatable bonds is 4. The minimum atomic E-state index is -1.04. The third-order valence-electron chi connectivity index (χ3n) is 0.683. The molecular weight excluding hydrogens is 142 g/mol. The first kappa shape index (κ1) is 8.74. The Labute approximate surface area is 58.3 Å². The van der Waals surface area contributed by atoms with Crippen LogP contribution >= 0.6 is 12.6 Å². The van der Waals surface area contributed by atoms with Crippen molar-refractivity contribution >= 4 is 18.6 Å². The molecule has 0 fully saturated rings. The molecule has 0 rings (SSSR count). The molecule has 4 nitrogen and oxygen atoms in total. The van der Waals surface area contributed by atoms with Gasteiger partial charge in [-0.2, -0.15) is 0 Å². The molecule has 1 unspecified atom stereocenters. The van der Waals surface area contributed by atoms with Crippen molar-refractivity contribution in [2.75, 3.05) is 13.2 Å². The number of hydrogen-bond acceptors (Lipinski definition) is 4. The van der Waals surface area contributed by atoms with E-state index in [-0.39, 0.29) is 13.2 Å². The number of thiol groups is 1. The summed E-state index contributed by atoms with van der Waals surface area (Å²) in [4.78, 5) is 9.98. The lowest BCUT2D eigenvalue weighted by Gasteiger charge is -2.04. The van der Waals surface area contributed by atoms with Crippen LogP contribution in [-0.2, 0) is 4.79 Å². The van der Waals surface area contributed by atoms with Gasteiger partial charge in [0, 0.05) is 6.54 Å². The Morgan fingerprint density at radius 1 is 1.78 bits per heavy atom. The van der Waals surface area contributed by atoms with E-state index in [9.17, 15) is 4.79 Å². The Hall–Kier alpha value is -0.260. The van der Waals surface area contributed by atoms with Gasteiger partial charge in [0.25, 0.3) is 0 Å². The number of aliphatic hydroxyl groups is 1. The van der Waals surface area contributed by atoms with Crippen molar-refractivity contribution in [3.8, 4) is 0 Å². The van der Waals surface area contributed by atoms with Crippen molar-refractivity contribution in [1.29, 1.82) is 0 Å². The minimum Gasteiger partial charge on any atom is -0.479 e. The molecule has 0 radical (unpaired) electrons. The van der Waals surface area contributed by atoms with E-state index in [1.54, 1.807) is 0 Å². The van der Waals surface area contributed by atoms with Gasteiger partial charge < -0.3 is 10.2 Å². The molecule has 0 aliphatic carbocycles. The first-order valence-electron chi connectivity index (χ1n) is 2.43. The van der Waals surface area contributed by atoms with Crippen LogP contribution in [0, 0.1) is 0 Å². The normalized spacial score (nSPS) is 13.1. The second kappa shape index (κ2) is 4.60. The molecule has 0 spiro atoms. The third kappa shape index (κ3) is 4.26. The summed E-state index contributed by atoms with van der Waals surface area (Å²) in [6, 6.07) is 0. The van der Waals surface area contributed by atoms with Crippen LogP contribution in [0.4, 0.5) is 0 Å². The van der Waals surface area contributed by atoms with Gasteiger partial charge in [0.05, 0.1) is 6.61 Å². The molecule has 9 heavy (non-hydrogen) atoms. The number of carboxylic acids is 1. The van der Waals surface area contributed by atoms with Crippen LogP contribution < -0.4 is 5.32 Å². The summed E-state index contributed by atoms with van der Waals surface area (Å²) in [5.41, 5.74) is 0. The van der Waals surface area contributed by atoms with Gasteiger partial charge in [-0.15, -0.1) is 12.6 Å².